The molecule has 2 aromatic carbocycles. The number of nitrogens with one attached hydrogen (secondary N) is 1. The van der Waals surface area contributed by atoms with Crippen molar-refractivity contribution in [1.82, 2.24) is 0 Å². The Labute approximate surface area is 158 Å². The molecule has 0 aromatic heterocycles. The number of esters is 1. The number of amides is 1. The Bertz CT molecular complexity index is 933. The van der Waals surface area contributed by atoms with E-state index in [-0.39, 0.29) is 16.9 Å². The molecule has 0 heterocycles. The number of rotatable bonds is 6. The Hall–Kier alpha value is -3.56. The summed E-state index contributed by atoms with van der Waals surface area (Å²) in [6.45, 7) is 1.27. The van der Waals surface area contributed by atoms with E-state index in [4.69, 9.17) is 4.74 Å². The molecule has 148 valence electrons. The average molecular weight is 393 g/mol. The van der Waals surface area contributed by atoms with Gasteiger partial charge < -0.3 is 15.0 Å². The third-order valence-electron chi connectivity index (χ3n) is 3.73. The fourth-order valence-corrected chi connectivity index (χ4v) is 2.27. The third-order valence-corrected chi connectivity index (χ3v) is 3.73. The number of carbonyl (C=O) groups is 2. The van der Waals surface area contributed by atoms with E-state index >= 15 is 0 Å². The molecule has 0 unspecified atom stereocenters. The molecule has 8 nitrogen and oxygen atoms in total. The second-order valence-corrected chi connectivity index (χ2v) is 6.02. The smallest absolute Gasteiger partial charge is 0.339 e. The van der Waals surface area contributed by atoms with Crippen molar-refractivity contribution in [2.24, 2.45) is 0 Å². The van der Waals surface area contributed by atoms with E-state index in [1.54, 1.807) is 14.1 Å². The van der Waals surface area contributed by atoms with Gasteiger partial charge >= 0.3 is 5.97 Å². The van der Waals surface area contributed by atoms with Crippen molar-refractivity contribution in [2.75, 3.05) is 24.3 Å². The lowest BCUT2D eigenvalue weighted by molar-refractivity contribution is -0.384. The number of hydrogen-bond acceptors (Lipinski definition) is 6. The molecule has 0 aliphatic rings. The van der Waals surface area contributed by atoms with Gasteiger partial charge in [-0.15, -0.1) is 0 Å². The van der Waals surface area contributed by atoms with Gasteiger partial charge in [-0.2, -0.15) is 0 Å². The largest absolute Gasteiger partial charge is 0.449 e. The van der Waals surface area contributed by atoms with E-state index in [0.717, 1.165) is 24.3 Å². The maximum atomic E-state index is 13.2. The maximum absolute atomic E-state index is 13.2. The van der Waals surface area contributed by atoms with Crippen LogP contribution >= 0.6 is 0 Å². The highest BCUT2D eigenvalue weighted by Crippen LogP contribution is 2.28. The quantitative estimate of drug-likeness (QED) is 0.460. The van der Waals surface area contributed by atoms with Crippen LogP contribution in [-0.4, -0.2) is 37.0 Å². The van der Waals surface area contributed by atoms with Gasteiger partial charge in [0.25, 0.3) is 11.6 Å². The summed E-state index contributed by atoms with van der Waals surface area (Å²) in [7, 11) is 3.23. The van der Waals surface area contributed by atoms with Crippen LogP contribution in [0.25, 0.3) is 0 Å². The van der Waals surface area contributed by atoms with Crippen molar-refractivity contribution in [3.8, 4) is 0 Å². The predicted octanol–water partition coefficient (Wildman–Crippen LogP) is 3.12. The van der Waals surface area contributed by atoms with Crippen molar-refractivity contribution >= 4 is 28.9 Å². The van der Waals surface area contributed by atoms with Crippen LogP contribution in [-0.2, 0) is 9.53 Å². The Morgan fingerprint density at radius 2 is 1.82 bits per heavy atom. The summed E-state index contributed by atoms with van der Waals surface area (Å²) in [5.41, 5.74) is -0.119. The van der Waals surface area contributed by atoms with E-state index in [2.05, 4.69) is 5.32 Å². The zero-order valence-corrected chi connectivity index (χ0v) is 15.2. The Morgan fingerprint density at radius 3 is 2.39 bits per heavy atom. The molecule has 1 amide bonds. The second-order valence-electron chi connectivity index (χ2n) is 6.02. The number of benzene rings is 2. The number of carbonyl (C=O) groups excluding carboxylic acids is 2. The highest BCUT2D eigenvalue weighted by atomic mass is 19.2. The van der Waals surface area contributed by atoms with Gasteiger partial charge in [-0.1, -0.05) is 0 Å². The number of anilines is 2. The molecule has 0 aliphatic carbocycles. The van der Waals surface area contributed by atoms with Crippen LogP contribution in [0.5, 0.6) is 0 Å². The number of nitro benzene ring substituents is 1. The van der Waals surface area contributed by atoms with Crippen LogP contribution in [0.2, 0.25) is 0 Å². The first-order chi connectivity index (χ1) is 13.1. The molecule has 0 bridgehead atoms. The molecule has 0 aliphatic heterocycles. The highest BCUT2D eigenvalue weighted by molar-refractivity contribution is 5.97. The van der Waals surface area contributed by atoms with Gasteiger partial charge in [-0.25, -0.2) is 13.6 Å². The normalized spacial score (nSPS) is 11.5. The van der Waals surface area contributed by atoms with Crippen molar-refractivity contribution in [3.05, 3.63) is 63.7 Å². The van der Waals surface area contributed by atoms with E-state index < -0.39 is 34.5 Å². The average Bonchev–Trinajstić information content (AvgIpc) is 2.63. The molecule has 0 radical (unpaired) electrons. The number of nitrogens with zero attached hydrogens (tertiary/aromatic N) is 2. The molecule has 0 fully saturated rings. The molecule has 0 spiro atoms. The van der Waals surface area contributed by atoms with Gasteiger partial charge in [0.15, 0.2) is 17.7 Å². The second kappa shape index (κ2) is 8.42. The van der Waals surface area contributed by atoms with Crippen LogP contribution < -0.4 is 10.2 Å². The molecule has 0 saturated heterocycles. The van der Waals surface area contributed by atoms with Gasteiger partial charge in [0.05, 0.1) is 10.5 Å². The van der Waals surface area contributed by atoms with Gasteiger partial charge in [-0.3, -0.25) is 14.9 Å². The first-order valence-electron chi connectivity index (χ1n) is 8.02. The zero-order valence-electron chi connectivity index (χ0n) is 15.2. The molecule has 1 N–H and O–H groups in total. The fourth-order valence-electron chi connectivity index (χ4n) is 2.27. The SMILES string of the molecule is C[C@H](OC(=O)c1ccc(N(C)C)c([N+](=O)[O-])c1)C(=O)Nc1ccc(F)c(F)c1. The maximum Gasteiger partial charge on any atom is 0.339 e. The van der Waals surface area contributed by atoms with Crippen LogP contribution in [0, 0.1) is 21.7 Å². The highest BCUT2D eigenvalue weighted by Gasteiger charge is 2.23. The summed E-state index contributed by atoms with van der Waals surface area (Å²) in [4.78, 5) is 36.4. The number of ether oxygens (including phenoxy) is 1. The van der Waals surface area contributed by atoms with Gasteiger partial charge in [0.2, 0.25) is 0 Å². The van der Waals surface area contributed by atoms with E-state index in [1.165, 1.54) is 24.0 Å². The van der Waals surface area contributed by atoms with E-state index in [9.17, 15) is 28.5 Å². The summed E-state index contributed by atoms with van der Waals surface area (Å²) in [6.07, 6.45) is -1.28. The fraction of sp³-hybridized carbons (Fsp3) is 0.222. The van der Waals surface area contributed by atoms with Crippen LogP contribution in [0.15, 0.2) is 36.4 Å². The number of hydrogen-bond donors (Lipinski definition) is 1. The van der Waals surface area contributed by atoms with Gasteiger partial charge in [0.1, 0.15) is 5.69 Å². The lowest BCUT2D eigenvalue weighted by Crippen LogP contribution is -2.30. The van der Waals surface area contributed by atoms with Gasteiger partial charge in [0, 0.05) is 31.9 Å². The molecule has 0 saturated carbocycles. The molecule has 2 aromatic rings. The first-order valence-corrected chi connectivity index (χ1v) is 8.02. The summed E-state index contributed by atoms with van der Waals surface area (Å²) in [5, 5.41) is 13.5. The number of halogens is 2. The zero-order chi connectivity index (χ0) is 21.0. The van der Waals surface area contributed by atoms with E-state index in [0.29, 0.717) is 5.69 Å². The molecule has 28 heavy (non-hydrogen) atoms. The van der Waals surface area contributed by atoms with Crippen LogP contribution in [0.1, 0.15) is 17.3 Å². The molecular weight excluding hydrogens is 376 g/mol. The lowest BCUT2D eigenvalue weighted by atomic mass is 10.1. The minimum absolute atomic E-state index is 0.0160. The molecule has 2 rings (SSSR count). The summed E-state index contributed by atoms with van der Waals surface area (Å²) >= 11 is 0. The standard InChI is InChI=1S/C18H17F2N3O5/c1-10(17(24)21-12-5-6-13(19)14(20)9-12)28-18(25)11-4-7-15(22(2)3)16(8-11)23(26)27/h4-10H,1-3H3,(H,21,24)/t10-/m0/s1. The summed E-state index contributed by atoms with van der Waals surface area (Å²) in [6, 6.07) is 6.55. The summed E-state index contributed by atoms with van der Waals surface area (Å²) in [5.74, 6) is -3.93. The predicted molar refractivity (Wildman–Crippen MR) is 97.3 cm³/mol. The Balaban J connectivity index is 2.10. The lowest BCUT2D eigenvalue weighted by Gasteiger charge is -2.15. The van der Waals surface area contributed by atoms with Crippen molar-refractivity contribution < 1.29 is 28.0 Å². The Kier molecular flexibility index (Phi) is 6.24. The molecule has 1 atom stereocenters. The Morgan fingerprint density at radius 1 is 1.14 bits per heavy atom. The van der Waals surface area contributed by atoms with Crippen LogP contribution in [0.3, 0.4) is 0 Å². The third kappa shape index (κ3) is 4.78. The molecular formula is C18H17F2N3O5. The van der Waals surface area contributed by atoms with Crippen molar-refractivity contribution in [1.29, 1.82) is 0 Å². The first kappa shape index (κ1) is 20.7. The van der Waals surface area contributed by atoms with Crippen molar-refractivity contribution in [3.63, 3.8) is 0 Å². The summed E-state index contributed by atoms with van der Waals surface area (Å²) < 4.78 is 31.1. The van der Waals surface area contributed by atoms with Crippen LogP contribution in [0.4, 0.5) is 25.8 Å². The van der Waals surface area contributed by atoms with Gasteiger partial charge in [-0.05, 0) is 31.2 Å². The monoisotopic (exact) mass is 393 g/mol. The minimum Gasteiger partial charge on any atom is -0.449 e. The topological polar surface area (TPSA) is 102 Å². The number of nitro groups is 1. The minimum atomic E-state index is -1.28. The van der Waals surface area contributed by atoms with E-state index in [1.807, 2.05) is 0 Å². The molecule has 10 heteroatoms. The van der Waals surface area contributed by atoms with Crippen molar-refractivity contribution in [2.45, 2.75) is 13.0 Å².